The molecule has 0 aliphatic carbocycles. The summed E-state index contributed by atoms with van der Waals surface area (Å²) in [6, 6.07) is 17.9. The summed E-state index contributed by atoms with van der Waals surface area (Å²) in [7, 11) is 0. The van der Waals surface area contributed by atoms with Gasteiger partial charge in [-0.25, -0.2) is 4.98 Å². The van der Waals surface area contributed by atoms with Gasteiger partial charge in [-0.1, -0.05) is 42.0 Å². The Kier molecular flexibility index (Phi) is 3.60. The van der Waals surface area contributed by atoms with Crippen LogP contribution in [0.15, 0.2) is 54.7 Å². The average molecular weight is 364 g/mol. The Morgan fingerprint density at radius 3 is 2.11 bits per heavy atom. The lowest BCUT2D eigenvalue weighted by Crippen LogP contribution is -1.96. The highest BCUT2D eigenvalue weighted by atomic mass is 15.0. The molecule has 5 aromatic rings. The fraction of sp³-hybridized carbons (Fsp3) is 0.192. The minimum Gasteiger partial charge on any atom is -0.299 e. The van der Waals surface area contributed by atoms with Crippen molar-refractivity contribution in [2.24, 2.45) is 0 Å². The predicted octanol–water partition coefficient (Wildman–Crippen LogP) is 6.85. The molecule has 0 saturated heterocycles. The number of aromatic nitrogens is 2. The van der Waals surface area contributed by atoms with Crippen LogP contribution in [0.1, 0.15) is 27.9 Å². The lowest BCUT2D eigenvalue weighted by molar-refractivity contribution is 1.24. The molecule has 0 radical (unpaired) electrons. The first-order valence-corrected chi connectivity index (χ1v) is 9.83. The summed E-state index contributed by atoms with van der Waals surface area (Å²) < 4.78 is 2.26. The van der Waals surface area contributed by atoms with Crippen molar-refractivity contribution in [3.05, 3.63) is 82.7 Å². The van der Waals surface area contributed by atoms with Crippen LogP contribution in [0.5, 0.6) is 0 Å². The smallest absolute Gasteiger partial charge is 0.145 e. The first kappa shape index (κ1) is 17.0. The number of rotatable bonds is 1. The van der Waals surface area contributed by atoms with Gasteiger partial charge in [0, 0.05) is 17.0 Å². The number of fused-ring (bicyclic) bond motifs is 6. The minimum absolute atomic E-state index is 1.04. The summed E-state index contributed by atoms with van der Waals surface area (Å²) in [4.78, 5) is 4.81. The van der Waals surface area contributed by atoms with E-state index in [1.54, 1.807) is 0 Å². The summed E-state index contributed by atoms with van der Waals surface area (Å²) in [6.07, 6.45) is 2.15. The van der Waals surface area contributed by atoms with E-state index >= 15 is 0 Å². The van der Waals surface area contributed by atoms with Gasteiger partial charge < -0.3 is 0 Å². The van der Waals surface area contributed by atoms with Crippen molar-refractivity contribution >= 4 is 27.3 Å². The molecule has 0 spiro atoms. The van der Waals surface area contributed by atoms with E-state index in [9.17, 15) is 0 Å². The van der Waals surface area contributed by atoms with Crippen molar-refractivity contribution in [2.45, 2.75) is 34.6 Å². The second kappa shape index (κ2) is 5.93. The van der Waals surface area contributed by atoms with Gasteiger partial charge in [-0.15, -0.1) is 0 Å². The number of aryl methyl sites for hydroxylation is 5. The Balaban J connectivity index is 1.97. The fourth-order valence-electron chi connectivity index (χ4n) is 4.86. The van der Waals surface area contributed by atoms with Crippen LogP contribution >= 0.6 is 0 Å². The molecule has 5 rings (SSSR count). The maximum atomic E-state index is 4.81. The van der Waals surface area contributed by atoms with Crippen LogP contribution in [0.25, 0.3) is 38.4 Å². The van der Waals surface area contributed by atoms with Crippen LogP contribution in [-0.2, 0) is 0 Å². The van der Waals surface area contributed by atoms with Crippen molar-refractivity contribution in [3.63, 3.8) is 0 Å². The maximum Gasteiger partial charge on any atom is 0.145 e. The molecule has 2 aromatic heterocycles. The summed E-state index contributed by atoms with van der Waals surface area (Å²) in [5.41, 5.74) is 11.2. The third-order valence-corrected chi connectivity index (χ3v) is 5.79. The molecule has 138 valence electrons. The van der Waals surface area contributed by atoms with Gasteiger partial charge in [0.1, 0.15) is 5.65 Å². The topological polar surface area (TPSA) is 17.3 Å². The number of benzene rings is 3. The highest BCUT2D eigenvalue weighted by molar-refractivity contribution is 6.13. The summed E-state index contributed by atoms with van der Waals surface area (Å²) in [5.74, 6) is 0. The van der Waals surface area contributed by atoms with Crippen molar-refractivity contribution in [1.82, 2.24) is 9.38 Å². The molecular formula is C26H24N2. The Bertz CT molecular complexity index is 1380. The molecule has 0 N–H and O–H groups in total. The predicted molar refractivity (Wildman–Crippen MR) is 119 cm³/mol. The standard InChI is InChI=1S/C26H24N2/c1-15-10-16(2)24(17(3)11-15)20-12-18(4)25-23(13-20)21-8-6-7-9-22(21)26-27-19(5)14-28(25)26/h6-14H,1-5H3. The van der Waals surface area contributed by atoms with Crippen molar-refractivity contribution in [3.8, 4) is 11.1 Å². The van der Waals surface area contributed by atoms with E-state index in [1.807, 2.05) is 0 Å². The number of hydrogen-bond acceptors (Lipinski definition) is 1. The molecule has 0 saturated carbocycles. The van der Waals surface area contributed by atoms with Gasteiger partial charge in [0.2, 0.25) is 0 Å². The van der Waals surface area contributed by atoms with Crippen LogP contribution in [0.4, 0.5) is 0 Å². The normalized spacial score (nSPS) is 11.8. The molecule has 0 amide bonds. The fourth-order valence-corrected chi connectivity index (χ4v) is 4.86. The summed E-state index contributed by atoms with van der Waals surface area (Å²) in [6.45, 7) is 10.9. The first-order valence-electron chi connectivity index (χ1n) is 9.83. The van der Waals surface area contributed by atoms with E-state index in [0.29, 0.717) is 0 Å². The minimum atomic E-state index is 1.04. The highest BCUT2D eigenvalue weighted by Crippen LogP contribution is 2.36. The summed E-state index contributed by atoms with van der Waals surface area (Å²) >= 11 is 0. The molecule has 28 heavy (non-hydrogen) atoms. The molecule has 3 aromatic carbocycles. The zero-order valence-electron chi connectivity index (χ0n) is 17.1. The van der Waals surface area contributed by atoms with E-state index in [0.717, 1.165) is 11.3 Å². The Labute approximate surface area is 165 Å². The van der Waals surface area contributed by atoms with Gasteiger partial charge in [0.25, 0.3) is 0 Å². The van der Waals surface area contributed by atoms with E-state index in [1.165, 1.54) is 55.1 Å². The maximum absolute atomic E-state index is 4.81. The van der Waals surface area contributed by atoms with E-state index in [2.05, 4.69) is 93.7 Å². The van der Waals surface area contributed by atoms with Gasteiger partial charge in [-0.2, -0.15) is 0 Å². The Hall–Kier alpha value is -3.13. The van der Waals surface area contributed by atoms with Gasteiger partial charge in [0.05, 0.1) is 11.2 Å². The van der Waals surface area contributed by atoms with Crippen LogP contribution in [0.3, 0.4) is 0 Å². The number of hydrogen-bond donors (Lipinski definition) is 0. The van der Waals surface area contributed by atoms with Crippen LogP contribution < -0.4 is 0 Å². The zero-order valence-corrected chi connectivity index (χ0v) is 17.1. The molecule has 0 aliphatic rings. The summed E-state index contributed by atoms with van der Waals surface area (Å²) in [5, 5.41) is 3.76. The monoisotopic (exact) mass is 364 g/mol. The number of nitrogens with zero attached hydrogens (tertiary/aromatic N) is 2. The molecule has 0 fully saturated rings. The van der Waals surface area contributed by atoms with Crippen molar-refractivity contribution < 1.29 is 0 Å². The van der Waals surface area contributed by atoms with Gasteiger partial charge in [0.15, 0.2) is 0 Å². The van der Waals surface area contributed by atoms with Crippen LogP contribution in [0.2, 0.25) is 0 Å². The van der Waals surface area contributed by atoms with Crippen LogP contribution in [0, 0.1) is 34.6 Å². The largest absolute Gasteiger partial charge is 0.299 e. The van der Waals surface area contributed by atoms with Crippen molar-refractivity contribution in [2.75, 3.05) is 0 Å². The van der Waals surface area contributed by atoms with Crippen LogP contribution in [-0.4, -0.2) is 9.38 Å². The quantitative estimate of drug-likeness (QED) is 0.297. The second-order valence-electron chi connectivity index (χ2n) is 8.08. The lowest BCUT2D eigenvalue weighted by Gasteiger charge is -2.16. The molecule has 2 heteroatoms. The first-order chi connectivity index (χ1) is 13.4. The highest BCUT2D eigenvalue weighted by Gasteiger charge is 2.15. The SMILES string of the molecule is Cc1cc(C)c(-c2cc(C)c3c(c2)c2ccccc2c2nc(C)cn23)c(C)c1. The van der Waals surface area contributed by atoms with E-state index in [4.69, 9.17) is 4.98 Å². The van der Waals surface area contributed by atoms with E-state index < -0.39 is 0 Å². The second-order valence-corrected chi connectivity index (χ2v) is 8.08. The Morgan fingerprint density at radius 1 is 0.714 bits per heavy atom. The van der Waals surface area contributed by atoms with Gasteiger partial charge in [-0.3, -0.25) is 4.40 Å². The molecule has 0 unspecified atom stereocenters. The van der Waals surface area contributed by atoms with Gasteiger partial charge >= 0.3 is 0 Å². The average Bonchev–Trinajstić information content (AvgIpc) is 3.02. The number of pyridine rings is 1. The molecule has 2 nitrogen and oxygen atoms in total. The molecule has 0 atom stereocenters. The van der Waals surface area contributed by atoms with E-state index in [-0.39, 0.29) is 0 Å². The Morgan fingerprint density at radius 2 is 1.39 bits per heavy atom. The third-order valence-electron chi connectivity index (χ3n) is 5.79. The molecular weight excluding hydrogens is 340 g/mol. The third kappa shape index (κ3) is 2.37. The lowest BCUT2D eigenvalue weighted by atomic mass is 9.91. The zero-order chi connectivity index (χ0) is 19.6. The molecule has 0 bridgehead atoms. The van der Waals surface area contributed by atoms with Crippen molar-refractivity contribution in [1.29, 1.82) is 0 Å². The molecule has 2 heterocycles. The number of imidazole rings is 1. The molecule has 0 aliphatic heterocycles. The van der Waals surface area contributed by atoms with Gasteiger partial charge in [-0.05, 0) is 80.0 Å².